The number of benzene rings is 1. The van der Waals surface area contributed by atoms with E-state index in [1.165, 1.54) is 0 Å². The minimum Gasteiger partial charge on any atom is -0.409 e. The number of hydrogen-bond acceptors (Lipinski definition) is 4. The van der Waals surface area contributed by atoms with Gasteiger partial charge in [0.05, 0.1) is 12.6 Å². The van der Waals surface area contributed by atoms with Crippen LogP contribution in [-0.4, -0.2) is 35.3 Å². The second kappa shape index (κ2) is 5.79. The lowest BCUT2D eigenvalue weighted by molar-refractivity contribution is 0.244. The summed E-state index contributed by atoms with van der Waals surface area (Å²) in [6.07, 6.45) is 1.02. The van der Waals surface area contributed by atoms with E-state index in [-0.39, 0.29) is 18.5 Å². The molecule has 1 fully saturated rings. The molecule has 0 aliphatic carbocycles. The third-order valence-corrected chi connectivity index (χ3v) is 4.21. The van der Waals surface area contributed by atoms with Crippen LogP contribution in [0.5, 0.6) is 0 Å². The highest BCUT2D eigenvalue weighted by Crippen LogP contribution is 2.33. The van der Waals surface area contributed by atoms with E-state index in [4.69, 9.17) is 10.9 Å². The number of anilines is 1. The molecule has 4 N–H and O–H groups in total. The number of nitrogens with zero attached hydrogens (tertiary/aromatic N) is 2. The number of halogens is 1. The summed E-state index contributed by atoms with van der Waals surface area (Å²) in [5.41, 5.74) is 7.30. The van der Waals surface area contributed by atoms with Crippen LogP contribution in [0.2, 0.25) is 0 Å². The number of aliphatic hydroxyl groups is 1. The van der Waals surface area contributed by atoms with Gasteiger partial charge in [0.25, 0.3) is 0 Å². The van der Waals surface area contributed by atoms with Gasteiger partial charge in [0.15, 0.2) is 5.84 Å². The van der Waals surface area contributed by atoms with Crippen molar-refractivity contribution in [2.24, 2.45) is 16.8 Å². The Morgan fingerprint density at radius 2 is 2.32 bits per heavy atom. The van der Waals surface area contributed by atoms with E-state index in [0.29, 0.717) is 11.5 Å². The predicted molar refractivity (Wildman–Crippen MR) is 78.7 cm³/mol. The first-order valence-corrected chi connectivity index (χ1v) is 7.02. The SMILES string of the molecule is CC1CCN(c2ccc(Br)cc2/C(N)=N/O)C1CO. The lowest BCUT2D eigenvalue weighted by Gasteiger charge is -2.29. The van der Waals surface area contributed by atoms with Crippen LogP contribution in [0.25, 0.3) is 0 Å². The summed E-state index contributed by atoms with van der Waals surface area (Å²) in [5.74, 6) is 0.501. The average Bonchev–Trinajstić information content (AvgIpc) is 2.78. The van der Waals surface area contributed by atoms with E-state index in [0.717, 1.165) is 23.1 Å². The third-order valence-electron chi connectivity index (χ3n) is 3.72. The Bertz CT molecular complexity index is 493. The molecule has 1 saturated heterocycles. The largest absolute Gasteiger partial charge is 0.409 e. The highest BCUT2D eigenvalue weighted by atomic mass is 79.9. The first kappa shape index (κ1) is 14.1. The average molecular weight is 328 g/mol. The zero-order valence-corrected chi connectivity index (χ0v) is 12.3. The van der Waals surface area contributed by atoms with Crippen LogP contribution in [0.3, 0.4) is 0 Å². The maximum atomic E-state index is 9.55. The van der Waals surface area contributed by atoms with Crippen molar-refractivity contribution in [3.63, 3.8) is 0 Å². The van der Waals surface area contributed by atoms with Crippen LogP contribution in [0.1, 0.15) is 18.9 Å². The number of nitrogens with two attached hydrogens (primary N) is 1. The molecule has 1 heterocycles. The monoisotopic (exact) mass is 327 g/mol. The quantitative estimate of drug-likeness (QED) is 0.342. The molecule has 19 heavy (non-hydrogen) atoms. The van der Waals surface area contributed by atoms with Crippen LogP contribution in [0.4, 0.5) is 5.69 Å². The first-order valence-electron chi connectivity index (χ1n) is 6.23. The lowest BCUT2D eigenvalue weighted by atomic mass is 10.0. The summed E-state index contributed by atoms with van der Waals surface area (Å²) < 4.78 is 0.866. The van der Waals surface area contributed by atoms with E-state index >= 15 is 0 Å². The molecular formula is C13H18BrN3O2. The number of amidine groups is 1. The number of aliphatic hydroxyl groups excluding tert-OH is 1. The maximum Gasteiger partial charge on any atom is 0.172 e. The van der Waals surface area contributed by atoms with Crippen molar-refractivity contribution in [3.8, 4) is 0 Å². The standard InChI is InChI=1S/C13H18BrN3O2/c1-8-4-5-17(12(8)7-18)11-3-2-9(14)6-10(11)13(15)16-19/h2-3,6,8,12,18-19H,4-5,7H2,1H3,(H2,15,16). The van der Waals surface area contributed by atoms with Crippen LogP contribution in [0.15, 0.2) is 27.8 Å². The van der Waals surface area contributed by atoms with Crippen molar-refractivity contribution in [2.45, 2.75) is 19.4 Å². The van der Waals surface area contributed by atoms with Gasteiger partial charge in [0.2, 0.25) is 0 Å². The van der Waals surface area contributed by atoms with Gasteiger partial charge in [-0.1, -0.05) is 28.0 Å². The van der Waals surface area contributed by atoms with Crippen molar-refractivity contribution in [3.05, 3.63) is 28.2 Å². The van der Waals surface area contributed by atoms with E-state index in [9.17, 15) is 5.11 Å². The molecule has 0 radical (unpaired) electrons. The van der Waals surface area contributed by atoms with Gasteiger partial charge in [0.1, 0.15) is 0 Å². The van der Waals surface area contributed by atoms with Crippen LogP contribution >= 0.6 is 15.9 Å². The molecule has 0 amide bonds. The van der Waals surface area contributed by atoms with Gasteiger partial charge in [-0.25, -0.2) is 0 Å². The van der Waals surface area contributed by atoms with Gasteiger partial charge in [-0.2, -0.15) is 0 Å². The van der Waals surface area contributed by atoms with Crippen molar-refractivity contribution in [1.82, 2.24) is 0 Å². The lowest BCUT2D eigenvalue weighted by Crippen LogP contribution is -2.36. The molecule has 2 rings (SSSR count). The molecule has 0 saturated carbocycles. The molecule has 1 aromatic carbocycles. The van der Waals surface area contributed by atoms with Crippen molar-refractivity contribution in [1.29, 1.82) is 0 Å². The predicted octanol–water partition coefficient (Wildman–Crippen LogP) is 1.75. The van der Waals surface area contributed by atoms with Crippen molar-refractivity contribution >= 4 is 27.5 Å². The topological polar surface area (TPSA) is 82.1 Å². The summed E-state index contributed by atoms with van der Waals surface area (Å²) in [6, 6.07) is 5.74. The van der Waals surface area contributed by atoms with Crippen LogP contribution in [-0.2, 0) is 0 Å². The molecule has 2 atom stereocenters. The van der Waals surface area contributed by atoms with Crippen molar-refractivity contribution in [2.75, 3.05) is 18.1 Å². The van der Waals surface area contributed by atoms with E-state index in [2.05, 4.69) is 32.9 Å². The summed E-state index contributed by atoms with van der Waals surface area (Å²) in [6.45, 7) is 3.09. The van der Waals surface area contributed by atoms with Gasteiger partial charge in [-0.15, -0.1) is 0 Å². The Balaban J connectivity index is 2.45. The summed E-state index contributed by atoms with van der Waals surface area (Å²) >= 11 is 3.39. The Hall–Kier alpha value is -1.27. The molecule has 0 spiro atoms. The van der Waals surface area contributed by atoms with Crippen LogP contribution < -0.4 is 10.6 Å². The minimum atomic E-state index is 0.0754. The highest BCUT2D eigenvalue weighted by Gasteiger charge is 2.32. The van der Waals surface area contributed by atoms with Gasteiger partial charge in [0, 0.05) is 22.3 Å². The van der Waals surface area contributed by atoms with Gasteiger partial charge in [-0.05, 0) is 30.5 Å². The Kier molecular flexibility index (Phi) is 4.31. The molecule has 6 heteroatoms. The zero-order chi connectivity index (χ0) is 14.0. The third kappa shape index (κ3) is 2.69. The molecule has 104 valence electrons. The summed E-state index contributed by atoms with van der Waals surface area (Å²) in [4.78, 5) is 2.13. The first-order chi connectivity index (χ1) is 9.08. The fourth-order valence-corrected chi connectivity index (χ4v) is 2.96. The second-order valence-electron chi connectivity index (χ2n) is 4.86. The fourth-order valence-electron chi connectivity index (χ4n) is 2.60. The smallest absolute Gasteiger partial charge is 0.172 e. The van der Waals surface area contributed by atoms with Crippen LogP contribution in [0, 0.1) is 5.92 Å². The zero-order valence-electron chi connectivity index (χ0n) is 10.8. The Labute approximate surface area is 120 Å². The summed E-state index contributed by atoms with van der Waals surface area (Å²) in [5, 5.41) is 21.5. The molecule has 5 nitrogen and oxygen atoms in total. The fraction of sp³-hybridized carbons (Fsp3) is 0.462. The van der Waals surface area contributed by atoms with E-state index < -0.39 is 0 Å². The van der Waals surface area contributed by atoms with E-state index in [1.807, 2.05) is 18.2 Å². The van der Waals surface area contributed by atoms with Gasteiger partial charge in [-0.3, -0.25) is 0 Å². The molecule has 0 aromatic heterocycles. The molecule has 0 bridgehead atoms. The molecule has 1 aliphatic heterocycles. The highest BCUT2D eigenvalue weighted by molar-refractivity contribution is 9.10. The van der Waals surface area contributed by atoms with Crippen molar-refractivity contribution < 1.29 is 10.3 Å². The second-order valence-corrected chi connectivity index (χ2v) is 5.77. The molecular weight excluding hydrogens is 310 g/mol. The Morgan fingerprint density at radius 3 is 2.95 bits per heavy atom. The maximum absolute atomic E-state index is 9.55. The van der Waals surface area contributed by atoms with Gasteiger partial charge >= 0.3 is 0 Å². The minimum absolute atomic E-state index is 0.0754. The Morgan fingerprint density at radius 1 is 1.58 bits per heavy atom. The molecule has 1 aromatic rings. The normalized spacial score (nSPS) is 23.9. The van der Waals surface area contributed by atoms with Gasteiger partial charge < -0.3 is 20.9 Å². The number of oxime groups is 1. The molecule has 2 unspecified atom stereocenters. The summed E-state index contributed by atoms with van der Waals surface area (Å²) in [7, 11) is 0. The number of rotatable bonds is 3. The molecule has 1 aliphatic rings. The number of hydrogen-bond donors (Lipinski definition) is 3. The van der Waals surface area contributed by atoms with E-state index in [1.54, 1.807) is 0 Å².